The van der Waals surface area contributed by atoms with Crippen LogP contribution in [0.25, 0.3) is 20.7 Å². The Bertz CT molecular complexity index is 1260. The summed E-state index contributed by atoms with van der Waals surface area (Å²) in [5.41, 5.74) is 1.18. The second kappa shape index (κ2) is 7.62. The average molecular weight is 475 g/mol. The number of Topliss-reactive ketones (excluding diaryl/α,β-unsaturated/α-hetero) is 1. The lowest BCUT2D eigenvalue weighted by molar-refractivity contribution is 0.0970. The monoisotopic (exact) mass is 474 g/mol. The Kier molecular flexibility index (Phi) is 5.18. The van der Waals surface area contributed by atoms with Crippen LogP contribution in [0.4, 0.5) is 0 Å². The van der Waals surface area contributed by atoms with E-state index in [-0.39, 0.29) is 17.9 Å². The summed E-state index contributed by atoms with van der Waals surface area (Å²) in [6.45, 7) is 1.96. The number of ketones is 1. The highest BCUT2D eigenvalue weighted by molar-refractivity contribution is 9.10. The number of fused-ring (bicyclic) bond motifs is 1. The number of hydrogen-bond donors (Lipinski definition) is 0. The van der Waals surface area contributed by atoms with E-state index in [4.69, 9.17) is 4.74 Å². The second-order valence-electron chi connectivity index (χ2n) is 6.19. The van der Waals surface area contributed by atoms with Crippen LogP contribution in [0.5, 0.6) is 5.75 Å². The zero-order chi connectivity index (χ0) is 19.8. The first-order chi connectivity index (χ1) is 13.5. The van der Waals surface area contributed by atoms with Gasteiger partial charge in [0.05, 0.1) is 29.8 Å². The van der Waals surface area contributed by atoms with E-state index >= 15 is 0 Å². The van der Waals surface area contributed by atoms with E-state index in [1.165, 1.54) is 27.1 Å². The molecule has 8 heteroatoms. The quantitative estimate of drug-likeness (QED) is 0.375. The minimum atomic E-state index is -0.201. The molecule has 0 bridgehead atoms. The van der Waals surface area contributed by atoms with E-state index < -0.39 is 0 Å². The van der Waals surface area contributed by atoms with Gasteiger partial charge in [-0.1, -0.05) is 0 Å². The zero-order valence-corrected chi connectivity index (χ0v) is 18.3. The van der Waals surface area contributed by atoms with Gasteiger partial charge in [-0.15, -0.1) is 22.7 Å². The van der Waals surface area contributed by atoms with E-state index in [1.54, 1.807) is 36.6 Å². The molecule has 0 aliphatic rings. The van der Waals surface area contributed by atoms with Crippen molar-refractivity contribution < 1.29 is 9.53 Å². The van der Waals surface area contributed by atoms with E-state index in [9.17, 15) is 9.59 Å². The van der Waals surface area contributed by atoms with Gasteiger partial charge in [0.1, 0.15) is 10.6 Å². The maximum Gasteiger partial charge on any atom is 0.263 e. The molecule has 1 aromatic carbocycles. The molecular formula is C20H15BrN2O3S2. The number of ether oxygens (including phenoxy) is 1. The third kappa shape index (κ3) is 3.43. The Morgan fingerprint density at radius 1 is 1.29 bits per heavy atom. The van der Waals surface area contributed by atoms with Gasteiger partial charge in [-0.3, -0.25) is 14.2 Å². The highest BCUT2D eigenvalue weighted by Crippen LogP contribution is 2.35. The Morgan fingerprint density at radius 3 is 2.79 bits per heavy atom. The maximum absolute atomic E-state index is 13.1. The smallest absolute Gasteiger partial charge is 0.263 e. The average Bonchev–Trinajstić information content (AvgIpc) is 3.30. The van der Waals surface area contributed by atoms with Crippen molar-refractivity contribution >= 4 is 54.6 Å². The molecule has 0 saturated carbocycles. The van der Waals surface area contributed by atoms with E-state index in [0.717, 1.165) is 10.4 Å². The summed E-state index contributed by atoms with van der Waals surface area (Å²) in [6, 6.07) is 9.15. The van der Waals surface area contributed by atoms with Crippen LogP contribution in [0.15, 0.2) is 51.3 Å². The van der Waals surface area contributed by atoms with Gasteiger partial charge in [0.2, 0.25) is 0 Å². The highest BCUT2D eigenvalue weighted by atomic mass is 79.9. The van der Waals surface area contributed by atoms with Crippen LogP contribution in [0, 0.1) is 6.92 Å². The molecule has 3 aromatic heterocycles. The molecule has 0 aliphatic heterocycles. The molecule has 5 nitrogen and oxygen atoms in total. The number of carbonyl (C=O) groups is 1. The molecule has 28 heavy (non-hydrogen) atoms. The first-order valence-corrected chi connectivity index (χ1v) is 10.9. The van der Waals surface area contributed by atoms with Crippen molar-refractivity contribution in [1.82, 2.24) is 9.55 Å². The van der Waals surface area contributed by atoms with Crippen LogP contribution in [0.1, 0.15) is 15.2 Å². The van der Waals surface area contributed by atoms with Crippen LogP contribution < -0.4 is 10.3 Å². The second-order valence-corrected chi connectivity index (χ2v) is 9.19. The van der Waals surface area contributed by atoms with Gasteiger partial charge in [0.15, 0.2) is 5.78 Å². The number of methoxy groups -OCH3 is 1. The van der Waals surface area contributed by atoms with Crippen molar-refractivity contribution in [2.75, 3.05) is 7.11 Å². The first kappa shape index (κ1) is 19.0. The molecule has 0 N–H and O–H groups in total. The Labute approximate surface area is 177 Å². The summed E-state index contributed by atoms with van der Waals surface area (Å²) < 4.78 is 7.26. The summed E-state index contributed by atoms with van der Waals surface area (Å²) in [6.07, 6.45) is 1.45. The fourth-order valence-corrected chi connectivity index (χ4v) is 5.33. The lowest BCUT2D eigenvalue weighted by Crippen LogP contribution is -2.24. The van der Waals surface area contributed by atoms with Gasteiger partial charge in [-0.25, -0.2) is 4.98 Å². The van der Waals surface area contributed by atoms with Crippen molar-refractivity contribution in [1.29, 1.82) is 0 Å². The van der Waals surface area contributed by atoms with Gasteiger partial charge in [0, 0.05) is 26.3 Å². The molecule has 0 fully saturated rings. The molecule has 0 saturated heterocycles. The molecule has 0 aliphatic carbocycles. The number of benzene rings is 1. The van der Waals surface area contributed by atoms with Crippen molar-refractivity contribution in [3.63, 3.8) is 0 Å². The normalized spacial score (nSPS) is 11.1. The number of halogens is 1. The van der Waals surface area contributed by atoms with Gasteiger partial charge in [-0.2, -0.15) is 0 Å². The molecule has 4 aromatic rings. The van der Waals surface area contributed by atoms with Crippen LogP contribution >= 0.6 is 38.6 Å². The fourth-order valence-electron chi connectivity index (χ4n) is 2.93. The fraction of sp³-hybridized carbons (Fsp3) is 0.150. The number of nitrogens with zero attached hydrogens (tertiary/aromatic N) is 2. The van der Waals surface area contributed by atoms with E-state index in [0.29, 0.717) is 26.0 Å². The van der Waals surface area contributed by atoms with E-state index in [1.807, 2.05) is 24.4 Å². The van der Waals surface area contributed by atoms with Crippen LogP contribution in [0.3, 0.4) is 0 Å². The van der Waals surface area contributed by atoms with Gasteiger partial charge in [-0.05, 0) is 53.2 Å². The van der Waals surface area contributed by atoms with Crippen LogP contribution in [0.2, 0.25) is 0 Å². The number of aromatic nitrogens is 2. The Morgan fingerprint density at radius 2 is 2.11 bits per heavy atom. The summed E-state index contributed by atoms with van der Waals surface area (Å²) in [7, 11) is 1.57. The standard InChI is InChI=1S/C20H15BrN2O3S2/c1-11-3-6-17(28-11)13-9-27-19-18(13)20(25)23(10-22-19)8-15(24)12-4-5-16(26-2)14(21)7-12/h3-7,9-10H,8H2,1-2H3. The molecule has 0 spiro atoms. The summed E-state index contributed by atoms with van der Waals surface area (Å²) >= 11 is 6.46. The minimum absolute atomic E-state index is 0.0701. The SMILES string of the molecule is COc1ccc(C(=O)Cn2cnc3scc(-c4ccc(C)s4)c3c2=O)cc1Br. The Hall–Kier alpha value is -2.29. The summed E-state index contributed by atoms with van der Waals surface area (Å²) in [5.74, 6) is 0.473. The summed E-state index contributed by atoms with van der Waals surface area (Å²) in [5, 5.41) is 2.52. The number of thiophene rings is 2. The Balaban J connectivity index is 1.71. The lowest BCUT2D eigenvalue weighted by atomic mass is 10.1. The number of carbonyl (C=O) groups excluding carboxylic acids is 1. The number of aryl methyl sites for hydroxylation is 1. The van der Waals surface area contributed by atoms with E-state index in [2.05, 4.69) is 20.9 Å². The molecule has 0 atom stereocenters. The lowest BCUT2D eigenvalue weighted by Gasteiger charge is -2.08. The van der Waals surface area contributed by atoms with Crippen molar-refractivity contribution in [3.05, 3.63) is 67.3 Å². The molecule has 0 amide bonds. The molecule has 142 valence electrons. The first-order valence-electron chi connectivity index (χ1n) is 8.38. The minimum Gasteiger partial charge on any atom is -0.496 e. The largest absolute Gasteiger partial charge is 0.496 e. The van der Waals surface area contributed by atoms with Crippen molar-refractivity contribution in [2.45, 2.75) is 13.5 Å². The zero-order valence-electron chi connectivity index (χ0n) is 15.1. The number of hydrogen-bond acceptors (Lipinski definition) is 6. The third-order valence-electron chi connectivity index (χ3n) is 4.35. The predicted octanol–water partition coefficient (Wildman–Crippen LogP) is 5.15. The third-order valence-corrected chi connectivity index (χ3v) is 6.89. The molecule has 0 unspecified atom stereocenters. The highest BCUT2D eigenvalue weighted by Gasteiger charge is 2.17. The molecule has 0 radical (unpaired) electrons. The van der Waals surface area contributed by atoms with Crippen LogP contribution in [-0.2, 0) is 6.54 Å². The maximum atomic E-state index is 13.1. The molecule has 3 heterocycles. The number of rotatable bonds is 5. The van der Waals surface area contributed by atoms with Gasteiger partial charge >= 0.3 is 0 Å². The topological polar surface area (TPSA) is 61.2 Å². The molecular weight excluding hydrogens is 460 g/mol. The van der Waals surface area contributed by atoms with Crippen molar-refractivity contribution in [3.8, 4) is 16.2 Å². The van der Waals surface area contributed by atoms with Gasteiger partial charge in [0.25, 0.3) is 5.56 Å². The predicted molar refractivity (Wildman–Crippen MR) is 117 cm³/mol. The van der Waals surface area contributed by atoms with Crippen LogP contribution in [-0.4, -0.2) is 22.4 Å². The van der Waals surface area contributed by atoms with Crippen molar-refractivity contribution in [2.24, 2.45) is 0 Å². The summed E-state index contributed by atoms with van der Waals surface area (Å²) in [4.78, 5) is 33.1. The van der Waals surface area contributed by atoms with Gasteiger partial charge < -0.3 is 4.74 Å². The molecule has 4 rings (SSSR count).